The number of benzene rings is 1. The van der Waals surface area contributed by atoms with E-state index in [0.717, 1.165) is 0 Å². The molecule has 0 heterocycles. The first-order chi connectivity index (χ1) is 6.61. The minimum atomic E-state index is -0.155. The fraction of sp³-hybridized carbons (Fsp3) is 0.0909. The highest BCUT2D eigenvalue weighted by Crippen LogP contribution is 2.25. The van der Waals surface area contributed by atoms with Crippen molar-refractivity contribution in [3.63, 3.8) is 0 Å². The number of carbonyl (C=O) groups is 2. The molecule has 0 saturated carbocycles. The second kappa shape index (κ2) is 2.80. The van der Waals surface area contributed by atoms with E-state index < -0.39 is 0 Å². The Morgan fingerprint density at radius 2 is 1.93 bits per heavy atom. The lowest BCUT2D eigenvalue weighted by Crippen LogP contribution is -2.17. The van der Waals surface area contributed by atoms with Gasteiger partial charge in [-0.05, 0) is 19.1 Å². The van der Waals surface area contributed by atoms with Gasteiger partial charge in [-0.2, -0.15) is 0 Å². The minimum Gasteiger partial charge on any atom is -0.398 e. The van der Waals surface area contributed by atoms with Crippen molar-refractivity contribution in [3.8, 4) is 0 Å². The average Bonchev–Trinajstić information content (AvgIpc) is 2.14. The highest BCUT2D eigenvalue weighted by Gasteiger charge is 2.24. The van der Waals surface area contributed by atoms with Gasteiger partial charge in [-0.15, -0.1) is 0 Å². The Labute approximate surface area is 81.2 Å². The van der Waals surface area contributed by atoms with Crippen LogP contribution in [0.2, 0.25) is 0 Å². The standard InChI is InChI=1S/C11H9NO2/c1-6-5-9(13)7-3-2-4-8(12)10(7)11(6)14/h2-5H,12H2,1H3. The summed E-state index contributed by atoms with van der Waals surface area (Å²) in [6, 6.07) is 4.92. The minimum absolute atomic E-state index is 0.149. The van der Waals surface area contributed by atoms with Crippen molar-refractivity contribution in [3.05, 3.63) is 41.0 Å². The van der Waals surface area contributed by atoms with Gasteiger partial charge in [-0.25, -0.2) is 0 Å². The molecule has 2 N–H and O–H groups in total. The molecule has 0 atom stereocenters. The van der Waals surface area contributed by atoms with Crippen LogP contribution in [0.25, 0.3) is 0 Å². The summed E-state index contributed by atoms with van der Waals surface area (Å²) in [7, 11) is 0. The van der Waals surface area contributed by atoms with Gasteiger partial charge in [-0.1, -0.05) is 12.1 Å². The summed E-state index contributed by atoms with van der Waals surface area (Å²) in [5.74, 6) is -0.304. The van der Waals surface area contributed by atoms with Crippen LogP contribution in [0.3, 0.4) is 0 Å². The highest BCUT2D eigenvalue weighted by molar-refractivity contribution is 6.26. The molecule has 0 radical (unpaired) electrons. The molecular weight excluding hydrogens is 178 g/mol. The van der Waals surface area contributed by atoms with E-state index in [-0.39, 0.29) is 11.6 Å². The van der Waals surface area contributed by atoms with Crippen LogP contribution in [0.15, 0.2) is 29.8 Å². The van der Waals surface area contributed by atoms with Gasteiger partial charge < -0.3 is 5.73 Å². The van der Waals surface area contributed by atoms with Gasteiger partial charge in [0.15, 0.2) is 11.6 Å². The molecule has 1 aromatic carbocycles. The Bertz CT molecular complexity index is 472. The first-order valence-electron chi connectivity index (χ1n) is 4.27. The molecule has 2 rings (SSSR count). The maximum Gasteiger partial charge on any atom is 0.191 e. The van der Waals surface area contributed by atoms with Crippen molar-refractivity contribution in [2.75, 3.05) is 5.73 Å². The largest absolute Gasteiger partial charge is 0.398 e. The summed E-state index contributed by atoms with van der Waals surface area (Å²) < 4.78 is 0. The molecular formula is C11H9NO2. The number of allylic oxidation sites excluding steroid dienone is 2. The predicted molar refractivity (Wildman–Crippen MR) is 53.3 cm³/mol. The van der Waals surface area contributed by atoms with Crippen LogP contribution >= 0.6 is 0 Å². The lowest BCUT2D eigenvalue weighted by atomic mass is 9.89. The normalized spacial score (nSPS) is 15.1. The van der Waals surface area contributed by atoms with Crippen LogP contribution in [0.1, 0.15) is 27.6 Å². The van der Waals surface area contributed by atoms with Crippen molar-refractivity contribution in [2.45, 2.75) is 6.92 Å². The quantitative estimate of drug-likeness (QED) is 0.627. The van der Waals surface area contributed by atoms with Crippen molar-refractivity contribution in [1.82, 2.24) is 0 Å². The zero-order valence-electron chi connectivity index (χ0n) is 7.70. The molecule has 1 aliphatic rings. The summed E-state index contributed by atoms with van der Waals surface area (Å²) in [6.07, 6.45) is 1.35. The lowest BCUT2D eigenvalue weighted by molar-refractivity contribution is 0.0985. The number of hydrogen-bond acceptors (Lipinski definition) is 3. The molecule has 70 valence electrons. The molecule has 1 aliphatic carbocycles. The van der Waals surface area contributed by atoms with Crippen molar-refractivity contribution in [2.24, 2.45) is 0 Å². The second-order valence-electron chi connectivity index (χ2n) is 3.29. The van der Waals surface area contributed by atoms with E-state index in [1.807, 2.05) is 0 Å². The van der Waals surface area contributed by atoms with Gasteiger partial charge in [0.25, 0.3) is 0 Å². The average molecular weight is 187 g/mol. The number of carbonyl (C=O) groups excluding carboxylic acids is 2. The maximum atomic E-state index is 11.7. The number of nitrogens with two attached hydrogens (primary N) is 1. The van der Waals surface area contributed by atoms with Crippen LogP contribution in [-0.4, -0.2) is 11.6 Å². The summed E-state index contributed by atoms with van der Waals surface area (Å²) in [6.45, 7) is 1.62. The summed E-state index contributed by atoms with van der Waals surface area (Å²) >= 11 is 0. The van der Waals surface area contributed by atoms with E-state index >= 15 is 0 Å². The molecule has 0 fully saturated rings. The smallest absolute Gasteiger partial charge is 0.191 e. The van der Waals surface area contributed by atoms with Crippen molar-refractivity contribution < 1.29 is 9.59 Å². The molecule has 0 saturated heterocycles. The van der Waals surface area contributed by atoms with Gasteiger partial charge in [0, 0.05) is 16.8 Å². The third kappa shape index (κ3) is 1.06. The number of ketones is 2. The molecule has 0 unspecified atom stereocenters. The third-order valence-corrected chi connectivity index (χ3v) is 2.29. The molecule has 0 aromatic heterocycles. The molecule has 0 amide bonds. The second-order valence-corrected chi connectivity index (χ2v) is 3.29. The Morgan fingerprint density at radius 1 is 1.21 bits per heavy atom. The number of nitrogen functional groups attached to an aromatic ring is 1. The molecule has 0 spiro atoms. The van der Waals surface area contributed by atoms with E-state index in [1.165, 1.54) is 6.08 Å². The van der Waals surface area contributed by atoms with Crippen LogP contribution in [0.4, 0.5) is 5.69 Å². The van der Waals surface area contributed by atoms with E-state index in [9.17, 15) is 9.59 Å². The van der Waals surface area contributed by atoms with Crippen LogP contribution in [-0.2, 0) is 0 Å². The monoisotopic (exact) mass is 187 g/mol. The van der Waals surface area contributed by atoms with E-state index in [4.69, 9.17) is 5.73 Å². The third-order valence-electron chi connectivity index (χ3n) is 2.29. The zero-order valence-corrected chi connectivity index (χ0v) is 7.70. The fourth-order valence-electron chi connectivity index (χ4n) is 1.57. The first kappa shape index (κ1) is 8.69. The van der Waals surface area contributed by atoms with E-state index in [2.05, 4.69) is 0 Å². The topological polar surface area (TPSA) is 60.2 Å². The molecule has 1 aromatic rings. The summed E-state index contributed by atoms with van der Waals surface area (Å²) in [5.41, 5.74) is 7.22. The SMILES string of the molecule is CC1=CC(=O)c2cccc(N)c2C1=O. The van der Waals surface area contributed by atoms with Gasteiger partial charge in [-0.3, -0.25) is 9.59 Å². The van der Waals surface area contributed by atoms with Crippen molar-refractivity contribution >= 4 is 17.3 Å². The molecule has 14 heavy (non-hydrogen) atoms. The Hall–Kier alpha value is -1.90. The molecule has 3 nitrogen and oxygen atoms in total. The zero-order chi connectivity index (χ0) is 10.3. The van der Waals surface area contributed by atoms with Gasteiger partial charge in [0.2, 0.25) is 0 Å². The maximum absolute atomic E-state index is 11.7. The number of fused-ring (bicyclic) bond motifs is 1. The number of anilines is 1. The van der Waals surface area contributed by atoms with Crippen LogP contribution < -0.4 is 5.73 Å². The summed E-state index contributed by atoms with van der Waals surface area (Å²) in [4.78, 5) is 23.2. The fourth-order valence-corrected chi connectivity index (χ4v) is 1.57. The first-order valence-corrected chi connectivity index (χ1v) is 4.27. The lowest BCUT2D eigenvalue weighted by Gasteiger charge is -2.13. The van der Waals surface area contributed by atoms with E-state index in [1.54, 1.807) is 25.1 Å². The Morgan fingerprint density at radius 3 is 2.64 bits per heavy atom. The van der Waals surface area contributed by atoms with E-state index in [0.29, 0.717) is 22.4 Å². The summed E-state index contributed by atoms with van der Waals surface area (Å²) in [5, 5.41) is 0. The van der Waals surface area contributed by atoms with Crippen LogP contribution in [0.5, 0.6) is 0 Å². The Kier molecular flexibility index (Phi) is 1.74. The van der Waals surface area contributed by atoms with Crippen LogP contribution in [0, 0.1) is 0 Å². The molecule has 0 aliphatic heterocycles. The number of Topliss-reactive ketones (excluding diaryl/α,β-unsaturated/α-hetero) is 1. The Balaban J connectivity index is 2.76. The van der Waals surface area contributed by atoms with Gasteiger partial charge in [0.1, 0.15) is 0 Å². The van der Waals surface area contributed by atoms with Gasteiger partial charge >= 0.3 is 0 Å². The van der Waals surface area contributed by atoms with Crippen molar-refractivity contribution in [1.29, 1.82) is 0 Å². The number of hydrogen-bond donors (Lipinski definition) is 1. The molecule has 3 heteroatoms. The molecule has 0 bridgehead atoms. The van der Waals surface area contributed by atoms with Gasteiger partial charge in [0.05, 0.1) is 5.56 Å². The highest BCUT2D eigenvalue weighted by atomic mass is 16.1. The number of rotatable bonds is 0. The predicted octanol–water partition coefficient (Wildman–Crippen LogP) is 1.59.